The van der Waals surface area contributed by atoms with E-state index < -0.39 is 16.3 Å². The molecule has 0 bridgehead atoms. The Balaban J connectivity index is 2.10. The minimum absolute atomic E-state index is 0.0740. The standard InChI is InChI=1S/C12H15FN2O4/c13-9-1-2-11(15(17)18)10(7-9)14-8-12(16)3-5-19-6-4-12/h1-2,7,14,16H,3-6,8H2. The average molecular weight is 270 g/mol. The van der Waals surface area contributed by atoms with Crippen molar-refractivity contribution in [1.82, 2.24) is 0 Å². The van der Waals surface area contributed by atoms with Gasteiger partial charge in [-0.15, -0.1) is 0 Å². The highest BCUT2D eigenvalue weighted by Gasteiger charge is 2.30. The summed E-state index contributed by atoms with van der Waals surface area (Å²) in [7, 11) is 0. The van der Waals surface area contributed by atoms with Crippen LogP contribution < -0.4 is 5.32 Å². The fraction of sp³-hybridized carbons (Fsp3) is 0.500. The normalized spacial score (nSPS) is 18.0. The Morgan fingerprint density at radius 1 is 1.47 bits per heavy atom. The van der Waals surface area contributed by atoms with Crippen LogP contribution >= 0.6 is 0 Å². The van der Waals surface area contributed by atoms with Crippen molar-refractivity contribution in [2.45, 2.75) is 18.4 Å². The van der Waals surface area contributed by atoms with E-state index in [1.54, 1.807) is 0 Å². The molecule has 0 saturated carbocycles. The number of rotatable bonds is 4. The van der Waals surface area contributed by atoms with Gasteiger partial charge in [-0.25, -0.2) is 4.39 Å². The van der Waals surface area contributed by atoms with Gasteiger partial charge in [0.1, 0.15) is 11.5 Å². The van der Waals surface area contributed by atoms with Crippen LogP contribution in [-0.2, 0) is 4.74 Å². The van der Waals surface area contributed by atoms with E-state index in [0.29, 0.717) is 26.1 Å². The average Bonchev–Trinajstić information content (AvgIpc) is 2.37. The Hall–Kier alpha value is -1.73. The van der Waals surface area contributed by atoms with Crippen LogP contribution in [-0.4, -0.2) is 35.4 Å². The smallest absolute Gasteiger partial charge is 0.292 e. The molecule has 0 atom stereocenters. The SMILES string of the molecule is O=[N+]([O-])c1ccc(F)cc1NCC1(O)CCOCC1. The van der Waals surface area contributed by atoms with Gasteiger partial charge in [0.05, 0.1) is 10.5 Å². The van der Waals surface area contributed by atoms with Crippen LogP contribution in [0.5, 0.6) is 0 Å². The summed E-state index contributed by atoms with van der Waals surface area (Å²) in [5, 5.41) is 23.8. The van der Waals surface area contributed by atoms with Gasteiger partial charge in [-0.05, 0) is 6.07 Å². The third-order valence-corrected chi connectivity index (χ3v) is 3.19. The molecule has 1 heterocycles. The van der Waals surface area contributed by atoms with Gasteiger partial charge >= 0.3 is 0 Å². The number of halogens is 1. The van der Waals surface area contributed by atoms with Gasteiger partial charge in [0.25, 0.3) is 5.69 Å². The fourth-order valence-corrected chi connectivity index (χ4v) is 2.00. The summed E-state index contributed by atoms with van der Waals surface area (Å²) in [5.41, 5.74) is -1.11. The van der Waals surface area contributed by atoms with Crippen molar-refractivity contribution in [2.75, 3.05) is 25.1 Å². The minimum atomic E-state index is -0.974. The molecule has 1 fully saturated rings. The molecule has 1 aromatic rings. The first-order valence-corrected chi connectivity index (χ1v) is 5.98. The predicted molar refractivity (Wildman–Crippen MR) is 66.5 cm³/mol. The van der Waals surface area contributed by atoms with Gasteiger partial charge in [0, 0.05) is 44.7 Å². The van der Waals surface area contributed by atoms with E-state index in [0.717, 1.165) is 18.2 Å². The number of nitrogens with zero attached hydrogens (tertiary/aromatic N) is 1. The molecule has 0 radical (unpaired) electrons. The molecular weight excluding hydrogens is 255 g/mol. The second-order valence-electron chi connectivity index (χ2n) is 4.61. The van der Waals surface area contributed by atoms with Gasteiger partial charge in [0.2, 0.25) is 0 Å². The van der Waals surface area contributed by atoms with Crippen LogP contribution in [0.1, 0.15) is 12.8 Å². The van der Waals surface area contributed by atoms with E-state index in [2.05, 4.69) is 5.32 Å². The van der Waals surface area contributed by atoms with Gasteiger partial charge in [-0.2, -0.15) is 0 Å². The van der Waals surface area contributed by atoms with Crippen LogP contribution in [0.25, 0.3) is 0 Å². The number of anilines is 1. The van der Waals surface area contributed by atoms with E-state index >= 15 is 0 Å². The number of ether oxygens (including phenoxy) is 1. The number of nitrogens with one attached hydrogen (secondary N) is 1. The number of nitro benzene ring substituents is 1. The number of hydrogen-bond acceptors (Lipinski definition) is 5. The summed E-state index contributed by atoms with van der Waals surface area (Å²) in [6.07, 6.45) is 0.895. The number of benzene rings is 1. The summed E-state index contributed by atoms with van der Waals surface area (Å²) >= 11 is 0. The van der Waals surface area contributed by atoms with Crippen molar-refractivity contribution in [3.8, 4) is 0 Å². The van der Waals surface area contributed by atoms with Crippen molar-refractivity contribution in [2.24, 2.45) is 0 Å². The van der Waals surface area contributed by atoms with Gasteiger partial charge in [0.15, 0.2) is 0 Å². The summed E-state index contributed by atoms with van der Waals surface area (Å²) in [5.74, 6) is -0.563. The van der Waals surface area contributed by atoms with Crippen LogP contribution in [0, 0.1) is 15.9 Å². The van der Waals surface area contributed by atoms with Gasteiger partial charge in [-0.3, -0.25) is 10.1 Å². The Morgan fingerprint density at radius 3 is 2.79 bits per heavy atom. The molecule has 1 aliphatic rings. The lowest BCUT2D eigenvalue weighted by Gasteiger charge is -2.32. The maximum absolute atomic E-state index is 13.1. The predicted octanol–water partition coefficient (Wildman–Crippen LogP) is 1.69. The van der Waals surface area contributed by atoms with E-state index in [9.17, 15) is 19.6 Å². The molecule has 6 nitrogen and oxygen atoms in total. The number of aliphatic hydroxyl groups is 1. The number of nitro groups is 1. The fourth-order valence-electron chi connectivity index (χ4n) is 2.00. The molecule has 19 heavy (non-hydrogen) atoms. The maximum Gasteiger partial charge on any atom is 0.292 e. The highest BCUT2D eigenvalue weighted by Crippen LogP contribution is 2.27. The Kier molecular flexibility index (Phi) is 3.96. The third-order valence-electron chi connectivity index (χ3n) is 3.19. The monoisotopic (exact) mass is 270 g/mol. The molecule has 104 valence electrons. The molecule has 1 aliphatic heterocycles. The highest BCUT2D eigenvalue weighted by molar-refractivity contribution is 5.61. The summed E-state index contributed by atoms with van der Waals surface area (Å²) in [6, 6.07) is 3.19. The summed E-state index contributed by atoms with van der Waals surface area (Å²) in [6.45, 7) is 1.02. The lowest BCUT2D eigenvalue weighted by Crippen LogP contribution is -2.42. The largest absolute Gasteiger partial charge is 0.388 e. The molecule has 0 unspecified atom stereocenters. The first kappa shape index (κ1) is 13.7. The maximum atomic E-state index is 13.1. The first-order chi connectivity index (χ1) is 9.00. The van der Waals surface area contributed by atoms with Crippen LogP contribution in [0.4, 0.5) is 15.8 Å². The molecule has 7 heteroatoms. The molecule has 0 aromatic heterocycles. The van der Waals surface area contributed by atoms with Crippen LogP contribution in [0.2, 0.25) is 0 Å². The first-order valence-electron chi connectivity index (χ1n) is 5.98. The molecule has 2 N–H and O–H groups in total. The quantitative estimate of drug-likeness (QED) is 0.642. The molecular formula is C12H15FN2O4. The zero-order valence-electron chi connectivity index (χ0n) is 10.3. The van der Waals surface area contributed by atoms with E-state index in [4.69, 9.17) is 4.74 Å². The lowest BCUT2D eigenvalue weighted by molar-refractivity contribution is -0.384. The van der Waals surface area contributed by atoms with Crippen LogP contribution in [0.15, 0.2) is 18.2 Å². The minimum Gasteiger partial charge on any atom is -0.388 e. The lowest BCUT2D eigenvalue weighted by atomic mass is 9.94. The Bertz CT molecular complexity index is 475. The molecule has 0 aliphatic carbocycles. The highest BCUT2D eigenvalue weighted by atomic mass is 19.1. The Labute approximate surface area is 109 Å². The summed E-state index contributed by atoms with van der Waals surface area (Å²) < 4.78 is 18.3. The second kappa shape index (κ2) is 5.50. The van der Waals surface area contributed by atoms with E-state index in [1.807, 2.05) is 0 Å². The van der Waals surface area contributed by atoms with Crippen molar-refractivity contribution < 1.29 is 19.2 Å². The molecule has 0 amide bonds. The van der Waals surface area contributed by atoms with Gasteiger partial charge < -0.3 is 15.2 Å². The second-order valence-corrected chi connectivity index (χ2v) is 4.61. The van der Waals surface area contributed by atoms with Crippen LogP contribution in [0.3, 0.4) is 0 Å². The Morgan fingerprint density at radius 2 is 2.16 bits per heavy atom. The van der Waals surface area contributed by atoms with E-state index in [-0.39, 0.29) is 17.9 Å². The molecule has 2 rings (SSSR count). The van der Waals surface area contributed by atoms with Crippen molar-refractivity contribution in [3.63, 3.8) is 0 Å². The molecule has 1 aromatic carbocycles. The third kappa shape index (κ3) is 3.39. The van der Waals surface area contributed by atoms with E-state index in [1.165, 1.54) is 0 Å². The topological polar surface area (TPSA) is 84.6 Å². The summed E-state index contributed by atoms with van der Waals surface area (Å²) in [4.78, 5) is 10.2. The molecule has 1 saturated heterocycles. The zero-order valence-corrected chi connectivity index (χ0v) is 10.3. The zero-order chi connectivity index (χ0) is 13.9. The molecule has 0 spiro atoms. The van der Waals surface area contributed by atoms with Crippen molar-refractivity contribution in [1.29, 1.82) is 0 Å². The van der Waals surface area contributed by atoms with Gasteiger partial charge in [-0.1, -0.05) is 0 Å². The van der Waals surface area contributed by atoms with Crippen molar-refractivity contribution >= 4 is 11.4 Å². The van der Waals surface area contributed by atoms with Crippen molar-refractivity contribution in [3.05, 3.63) is 34.1 Å². The number of hydrogen-bond donors (Lipinski definition) is 2.